The van der Waals surface area contributed by atoms with Crippen LogP contribution in [0.5, 0.6) is 0 Å². The van der Waals surface area contributed by atoms with Gasteiger partial charge in [0, 0.05) is 11.6 Å². The summed E-state index contributed by atoms with van der Waals surface area (Å²) in [6.45, 7) is 5.20. The fourth-order valence-corrected chi connectivity index (χ4v) is 3.04. The molecule has 0 aliphatic heterocycles. The zero-order valence-corrected chi connectivity index (χ0v) is 10.9. The van der Waals surface area contributed by atoms with Crippen LogP contribution in [-0.2, 0) is 15.0 Å². The predicted molar refractivity (Wildman–Crippen MR) is 63.6 cm³/mol. The molecule has 1 rings (SSSR count). The number of rotatable bonds is 4. The molecule has 0 saturated carbocycles. The zero-order chi connectivity index (χ0) is 13.3. The standard InChI is InChI=1S/C10H18N2O4S/c1-10(2,3)12-17(15,16)11-8-5-4-7(6-8)9(13)14/h4-5,7-8,11-12H,6H2,1-3H3,(H,13,14). The van der Waals surface area contributed by atoms with Crippen molar-refractivity contribution in [1.29, 1.82) is 0 Å². The van der Waals surface area contributed by atoms with Crippen molar-refractivity contribution in [2.75, 3.05) is 0 Å². The monoisotopic (exact) mass is 262 g/mol. The number of carbonyl (C=O) groups is 1. The minimum atomic E-state index is -3.62. The van der Waals surface area contributed by atoms with Gasteiger partial charge in [0.1, 0.15) is 0 Å². The van der Waals surface area contributed by atoms with Gasteiger partial charge >= 0.3 is 5.97 Å². The van der Waals surface area contributed by atoms with E-state index in [1.807, 2.05) is 0 Å². The van der Waals surface area contributed by atoms with Crippen molar-refractivity contribution < 1.29 is 18.3 Å². The van der Waals surface area contributed by atoms with Crippen molar-refractivity contribution in [2.24, 2.45) is 5.92 Å². The molecule has 0 aromatic rings. The van der Waals surface area contributed by atoms with E-state index in [-0.39, 0.29) is 6.42 Å². The van der Waals surface area contributed by atoms with E-state index in [0.717, 1.165) is 0 Å². The molecule has 0 spiro atoms. The van der Waals surface area contributed by atoms with Crippen LogP contribution in [0.2, 0.25) is 0 Å². The summed E-state index contributed by atoms with van der Waals surface area (Å²) in [4.78, 5) is 10.7. The van der Waals surface area contributed by atoms with E-state index in [1.165, 1.54) is 6.08 Å². The summed E-state index contributed by atoms with van der Waals surface area (Å²) in [6.07, 6.45) is 3.33. The minimum absolute atomic E-state index is 0.250. The summed E-state index contributed by atoms with van der Waals surface area (Å²) in [5.74, 6) is -1.55. The number of aliphatic carboxylic acids is 1. The van der Waals surface area contributed by atoms with Crippen LogP contribution in [0.4, 0.5) is 0 Å². The molecule has 98 valence electrons. The first-order chi connectivity index (χ1) is 7.59. The average molecular weight is 262 g/mol. The molecule has 0 bridgehead atoms. The van der Waals surface area contributed by atoms with Gasteiger partial charge in [0.05, 0.1) is 5.92 Å². The van der Waals surface area contributed by atoms with Gasteiger partial charge in [-0.25, -0.2) is 0 Å². The van der Waals surface area contributed by atoms with E-state index >= 15 is 0 Å². The van der Waals surface area contributed by atoms with Gasteiger partial charge in [-0.1, -0.05) is 12.2 Å². The maximum absolute atomic E-state index is 11.7. The summed E-state index contributed by atoms with van der Waals surface area (Å²) in [6, 6.07) is -0.462. The lowest BCUT2D eigenvalue weighted by atomic mass is 10.1. The maximum atomic E-state index is 11.7. The average Bonchev–Trinajstić information content (AvgIpc) is 2.46. The second-order valence-corrected chi connectivity index (χ2v) is 6.59. The molecule has 0 aromatic heterocycles. The van der Waals surface area contributed by atoms with Crippen molar-refractivity contribution >= 4 is 16.2 Å². The van der Waals surface area contributed by atoms with E-state index in [2.05, 4.69) is 9.44 Å². The van der Waals surface area contributed by atoms with Crippen LogP contribution in [-0.4, -0.2) is 31.1 Å². The lowest BCUT2D eigenvalue weighted by molar-refractivity contribution is -0.140. The molecule has 6 nitrogen and oxygen atoms in total. The predicted octanol–water partition coefficient (Wildman–Crippen LogP) is 0.238. The van der Waals surface area contributed by atoms with Crippen molar-refractivity contribution in [3.63, 3.8) is 0 Å². The number of hydrogen-bond acceptors (Lipinski definition) is 3. The molecule has 3 N–H and O–H groups in total. The number of carboxylic acids is 1. The molecule has 0 heterocycles. The third kappa shape index (κ3) is 4.84. The van der Waals surface area contributed by atoms with Crippen LogP contribution in [0.15, 0.2) is 12.2 Å². The van der Waals surface area contributed by atoms with Gasteiger partial charge in [-0.3, -0.25) is 4.79 Å². The van der Waals surface area contributed by atoms with Gasteiger partial charge in [-0.2, -0.15) is 17.9 Å². The molecule has 2 unspecified atom stereocenters. The Morgan fingerprint density at radius 1 is 1.35 bits per heavy atom. The summed E-state index contributed by atoms with van der Waals surface area (Å²) < 4.78 is 28.2. The number of carboxylic acid groups (broad SMARTS) is 1. The molecule has 0 fully saturated rings. The van der Waals surface area contributed by atoms with Gasteiger partial charge < -0.3 is 5.11 Å². The SMILES string of the molecule is CC(C)(C)NS(=O)(=O)NC1C=CC(C(=O)O)C1. The first-order valence-corrected chi connectivity index (χ1v) is 6.80. The molecule has 1 aliphatic carbocycles. The van der Waals surface area contributed by atoms with Gasteiger partial charge in [-0.05, 0) is 27.2 Å². The second kappa shape index (κ2) is 4.75. The molecule has 1 aliphatic rings. The first kappa shape index (κ1) is 14.1. The fraction of sp³-hybridized carbons (Fsp3) is 0.700. The Labute approximate surface area is 101 Å². The molecular formula is C10H18N2O4S. The minimum Gasteiger partial charge on any atom is -0.481 e. The second-order valence-electron chi connectivity index (χ2n) is 5.15. The van der Waals surface area contributed by atoms with Gasteiger partial charge in [0.2, 0.25) is 0 Å². The topological polar surface area (TPSA) is 95.5 Å². The number of nitrogens with one attached hydrogen (secondary N) is 2. The van der Waals surface area contributed by atoms with Crippen LogP contribution >= 0.6 is 0 Å². The van der Waals surface area contributed by atoms with E-state index in [9.17, 15) is 13.2 Å². The fourth-order valence-electron chi connectivity index (χ4n) is 1.60. The first-order valence-electron chi connectivity index (χ1n) is 5.31. The molecule has 0 saturated heterocycles. The van der Waals surface area contributed by atoms with E-state index in [0.29, 0.717) is 0 Å². The molecule has 2 atom stereocenters. The van der Waals surface area contributed by atoms with Gasteiger partial charge in [0.25, 0.3) is 10.2 Å². The molecule has 0 aromatic carbocycles. The summed E-state index contributed by atoms with van der Waals surface area (Å²) in [7, 11) is -3.62. The molecule has 7 heteroatoms. The Balaban J connectivity index is 2.57. The highest BCUT2D eigenvalue weighted by molar-refractivity contribution is 7.87. The highest BCUT2D eigenvalue weighted by atomic mass is 32.2. The molecule has 0 radical (unpaired) electrons. The molecule has 0 amide bonds. The maximum Gasteiger partial charge on any atom is 0.310 e. The largest absolute Gasteiger partial charge is 0.481 e. The van der Waals surface area contributed by atoms with Crippen molar-refractivity contribution in [2.45, 2.75) is 38.8 Å². The van der Waals surface area contributed by atoms with E-state index < -0.39 is 33.7 Å². The van der Waals surface area contributed by atoms with Crippen LogP contribution in [0.3, 0.4) is 0 Å². The smallest absolute Gasteiger partial charge is 0.310 e. The van der Waals surface area contributed by atoms with Gasteiger partial charge in [-0.15, -0.1) is 0 Å². The van der Waals surface area contributed by atoms with E-state index in [1.54, 1.807) is 26.8 Å². The Morgan fingerprint density at radius 2 is 1.94 bits per heavy atom. The van der Waals surface area contributed by atoms with Crippen LogP contribution in [0.1, 0.15) is 27.2 Å². The van der Waals surface area contributed by atoms with Crippen LogP contribution in [0, 0.1) is 5.92 Å². The normalized spacial score (nSPS) is 25.1. The van der Waals surface area contributed by atoms with E-state index in [4.69, 9.17) is 5.11 Å². The Kier molecular flexibility index (Phi) is 3.95. The zero-order valence-electron chi connectivity index (χ0n) is 10.1. The number of hydrogen-bond donors (Lipinski definition) is 3. The highest BCUT2D eigenvalue weighted by Gasteiger charge is 2.28. The Morgan fingerprint density at radius 3 is 2.35 bits per heavy atom. The van der Waals surface area contributed by atoms with Crippen LogP contribution < -0.4 is 9.44 Å². The lowest BCUT2D eigenvalue weighted by Crippen LogP contribution is -2.49. The third-order valence-corrected chi connectivity index (χ3v) is 3.64. The third-order valence-electron chi connectivity index (χ3n) is 2.15. The van der Waals surface area contributed by atoms with Crippen molar-refractivity contribution in [3.05, 3.63) is 12.2 Å². The summed E-state index contributed by atoms with van der Waals surface area (Å²) >= 11 is 0. The molecule has 17 heavy (non-hydrogen) atoms. The molecular weight excluding hydrogens is 244 g/mol. The summed E-state index contributed by atoms with van der Waals surface area (Å²) in [5, 5.41) is 8.77. The summed E-state index contributed by atoms with van der Waals surface area (Å²) in [5.41, 5.74) is -0.569. The van der Waals surface area contributed by atoms with Crippen molar-refractivity contribution in [1.82, 2.24) is 9.44 Å². The van der Waals surface area contributed by atoms with Crippen molar-refractivity contribution in [3.8, 4) is 0 Å². The quantitative estimate of drug-likeness (QED) is 0.632. The Bertz CT molecular complexity index is 422. The highest BCUT2D eigenvalue weighted by Crippen LogP contribution is 2.18. The van der Waals surface area contributed by atoms with Gasteiger partial charge in [0.15, 0.2) is 0 Å². The van der Waals surface area contributed by atoms with Crippen LogP contribution in [0.25, 0.3) is 0 Å². The lowest BCUT2D eigenvalue weighted by Gasteiger charge is -2.22. The Hall–Kier alpha value is -0.920.